The Balaban J connectivity index is 1.82. The van der Waals surface area contributed by atoms with E-state index in [0.29, 0.717) is 6.42 Å². The molecule has 0 radical (unpaired) electrons. The number of nitrogens with zero attached hydrogens (tertiary/aromatic N) is 2. The summed E-state index contributed by atoms with van der Waals surface area (Å²) < 4.78 is 0. The molecule has 1 N–H and O–H groups in total. The van der Waals surface area contributed by atoms with Gasteiger partial charge in [-0.15, -0.1) is 11.3 Å². The average Bonchev–Trinajstić information content (AvgIpc) is 2.76. The summed E-state index contributed by atoms with van der Waals surface area (Å²) in [5.41, 5.74) is 0.898. The van der Waals surface area contributed by atoms with Crippen molar-refractivity contribution in [3.8, 4) is 0 Å². The van der Waals surface area contributed by atoms with Gasteiger partial charge in [0.1, 0.15) is 5.01 Å². The molecule has 19 heavy (non-hydrogen) atoms. The highest BCUT2D eigenvalue weighted by Crippen LogP contribution is 2.16. The predicted octanol–water partition coefficient (Wildman–Crippen LogP) is 2.20. The quantitative estimate of drug-likeness (QED) is 0.900. The highest BCUT2D eigenvalue weighted by molar-refractivity contribution is 7.09. The Labute approximate surface area is 119 Å². The SMILES string of the molecule is CC(C)NC(=O)Cc1csc(CN2CCCCC2)n1. The number of hydrogen-bond donors (Lipinski definition) is 1. The standard InChI is InChI=1S/C14H23N3OS/c1-11(2)15-13(18)8-12-10-19-14(16-12)9-17-6-4-3-5-7-17/h10-11H,3-9H2,1-2H3,(H,15,18). The number of piperidine rings is 1. The van der Waals surface area contributed by atoms with Gasteiger partial charge in [-0.3, -0.25) is 9.69 Å². The van der Waals surface area contributed by atoms with Crippen LogP contribution in [0.15, 0.2) is 5.38 Å². The maximum atomic E-state index is 11.7. The van der Waals surface area contributed by atoms with E-state index in [1.54, 1.807) is 11.3 Å². The normalized spacial score (nSPS) is 16.8. The largest absolute Gasteiger partial charge is 0.354 e. The average molecular weight is 281 g/mol. The van der Waals surface area contributed by atoms with Gasteiger partial charge in [-0.2, -0.15) is 0 Å². The van der Waals surface area contributed by atoms with Crippen LogP contribution in [-0.4, -0.2) is 34.9 Å². The molecule has 2 heterocycles. The Morgan fingerprint density at radius 1 is 1.42 bits per heavy atom. The molecule has 1 aliphatic rings. The van der Waals surface area contributed by atoms with Crippen molar-refractivity contribution in [3.63, 3.8) is 0 Å². The summed E-state index contributed by atoms with van der Waals surface area (Å²) in [6.45, 7) is 7.25. The first-order chi connectivity index (χ1) is 9.13. The van der Waals surface area contributed by atoms with Crippen molar-refractivity contribution in [2.75, 3.05) is 13.1 Å². The molecule has 0 aliphatic carbocycles. The molecule has 0 aromatic carbocycles. The molecule has 0 spiro atoms. The van der Waals surface area contributed by atoms with Crippen LogP contribution in [0, 0.1) is 0 Å². The molecule has 1 fully saturated rings. The van der Waals surface area contributed by atoms with Gasteiger partial charge in [-0.05, 0) is 39.8 Å². The van der Waals surface area contributed by atoms with Crippen LogP contribution in [0.1, 0.15) is 43.8 Å². The lowest BCUT2D eigenvalue weighted by Gasteiger charge is -2.25. The van der Waals surface area contributed by atoms with E-state index in [9.17, 15) is 4.79 Å². The van der Waals surface area contributed by atoms with Gasteiger partial charge in [0.05, 0.1) is 18.7 Å². The molecule has 5 heteroatoms. The summed E-state index contributed by atoms with van der Waals surface area (Å²) in [5, 5.41) is 6.04. The lowest BCUT2D eigenvalue weighted by molar-refractivity contribution is -0.120. The Kier molecular flexibility index (Phi) is 5.34. The van der Waals surface area contributed by atoms with Gasteiger partial charge in [0.2, 0.25) is 5.91 Å². The highest BCUT2D eigenvalue weighted by Gasteiger charge is 2.13. The van der Waals surface area contributed by atoms with Crippen molar-refractivity contribution >= 4 is 17.2 Å². The molecule has 4 nitrogen and oxygen atoms in total. The maximum Gasteiger partial charge on any atom is 0.226 e. The minimum atomic E-state index is 0.0600. The highest BCUT2D eigenvalue weighted by atomic mass is 32.1. The summed E-state index contributed by atoms with van der Waals surface area (Å²) in [7, 11) is 0. The van der Waals surface area contributed by atoms with E-state index >= 15 is 0 Å². The number of likely N-dealkylation sites (tertiary alicyclic amines) is 1. The number of nitrogens with one attached hydrogen (secondary N) is 1. The van der Waals surface area contributed by atoms with E-state index in [0.717, 1.165) is 17.2 Å². The van der Waals surface area contributed by atoms with Crippen LogP contribution in [0.5, 0.6) is 0 Å². The maximum absolute atomic E-state index is 11.7. The molecule has 1 saturated heterocycles. The van der Waals surface area contributed by atoms with Gasteiger partial charge in [0.15, 0.2) is 0 Å². The zero-order chi connectivity index (χ0) is 13.7. The number of carbonyl (C=O) groups excluding carboxylic acids is 1. The summed E-state index contributed by atoms with van der Waals surface area (Å²) in [4.78, 5) is 18.7. The van der Waals surface area contributed by atoms with Gasteiger partial charge in [0.25, 0.3) is 0 Å². The molecule has 1 aliphatic heterocycles. The molecule has 1 aromatic heterocycles. The Morgan fingerprint density at radius 2 is 2.16 bits per heavy atom. The fraction of sp³-hybridized carbons (Fsp3) is 0.714. The van der Waals surface area contributed by atoms with Crippen LogP contribution >= 0.6 is 11.3 Å². The van der Waals surface area contributed by atoms with Crippen LogP contribution in [-0.2, 0) is 17.8 Å². The van der Waals surface area contributed by atoms with Crippen LogP contribution < -0.4 is 5.32 Å². The van der Waals surface area contributed by atoms with Gasteiger partial charge in [-0.1, -0.05) is 6.42 Å². The second kappa shape index (κ2) is 7.01. The number of thiazole rings is 1. The lowest BCUT2D eigenvalue weighted by Crippen LogP contribution is -2.31. The third-order valence-corrected chi connectivity index (χ3v) is 4.08. The fourth-order valence-corrected chi connectivity index (χ4v) is 3.18. The van der Waals surface area contributed by atoms with Crippen molar-refractivity contribution in [2.45, 2.75) is 52.1 Å². The smallest absolute Gasteiger partial charge is 0.226 e. The van der Waals surface area contributed by atoms with Crippen molar-refractivity contribution in [2.24, 2.45) is 0 Å². The third-order valence-electron chi connectivity index (χ3n) is 3.20. The van der Waals surface area contributed by atoms with E-state index in [1.807, 2.05) is 19.2 Å². The first-order valence-electron chi connectivity index (χ1n) is 7.08. The monoisotopic (exact) mass is 281 g/mol. The van der Waals surface area contributed by atoms with E-state index < -0.39 is 0 Å². The minimum Gasteiger partial charge on any atom is -0.354 e. The lowest BCUT2D eigenvalue weighted by atomic mass is 10.1. The second-order valence-corrected chi connectivity index (χ2v) is 6.41. The Hall–Kier alpha value is -0.940. The molecule has 1 amide bonds. The molecule has 0 saturated carbocycles. The molecular weight excluding hydrogens is 258 g/mol. The molecular formula is C14H23N3OS. The Morgan fingerprint density at radius 3 is 2.84 bits per heavy atom. The van der Waals surface area contributed by atoms with Crippen molar-refractivity contribution in [3.05, 3.63) is 16.1 Å². The fourth-order valence-electron chi connectivity index (χ4n) is 2.35. The van der Waals surface area contributed by atoms with Crippen LogP contribution in [0.2, 0.25) is 0 Å². The summed E-state index contributed by atoms with van der Waals surface area (Å²) in [6.07, 6.45) is 4.35. The molecule has 1 aromatic rings. The topological polar surface area (TPSA) is 45.2 Å². The number of carbonyl (C=O) groups is 1. The van der Waals surface area contributed by atoms with Gasteiger partial charge in [0, 0.05) is 11.4 Å². The molecule has 0 atom stereocenters. The summed E-state index contributed by atoms with van der Waals surface area (Å²) in [5.74, 6) is 0.0600. The van der Waals surface area contributed by atoms with Gasteiger partial charge >= 0.3 is 0 Å². The zero-order valence-corrected chi connectivity index (χ0v) is 12.6. The van der Waals surface area contributed by atoms with Crippen molar-refractivity contribution in [1.29, 1.82) is 0 Å². The zero-order valence-electron chi connectivity index (χ0n) is 11.8. The first kappa shape index (κ1) is 14.5. The molecule has 106 valence electrons. The second-order valence-electron chi connectivity index (χ2n) is 5.47. The van der Waals surface area contributed by atoms with Crippen LogP contribution in [0.3, 0.4) is 0 Å². The number of rotatable bonds is 5. The van der Waals surface area contributed by atoms with Crippen molar-refractivity contribution < 1.29 is 4.79 Å². The van der Waals surface area contributed by atoms with Crippen LogP contribution in [0.4, 0.5) is 0 Å². The minimum absolute atomic E-state index is 0.0600. The molecule has 0 bridgehead atoms. The molecule has 0 unspecified atom stereocenters. The van der Waals surface area contributed by atoms with E-state index in [4.69, 9.17) is 0 Å². The summed E-state index contributed by atoms with van der Waals surface area (Å²) >= 11 is 1.67. The number of hydrogen-bond acceptors (Lipinski definition) is 4. The number of aromatic nitrogens is 1. The van der Waals surface area contributed by atoms with E-state index in [1.165, 1.54) is 32.4 Å². The third kappa shape index (κ3) is 4.91. The van der Waals surface area contributed by atoms with Crippen molar-refractivity contribution in [1.82, 2.24) is 15.2 Å². The molecule has 2 rings (SSSR count). The summed E-state index contributed by atoms with van der Waals surface area (Å²) in [6, 6.07) is 0.193. The van der Waals surface area contributed by atoms with Gasteiger partial charge in [-0.25, -0.2) is 4.98 Å². The Bertz CT molecular complexity index is 411. The number of amides is 1. The predicted molar refractivity (Wildman–Crippen MR) is 78.2 cm³/mol. The van der Waals surface area contributed by atoms with E-state index in [-0.39, 0.29) is 11.9 Å². The first-order valence-corrected chi connectivity index (χ1v) is 7.96. The van der Waals surface area contributed by atoms with Crippen LogP contribution in [0.25, 0.3) is 0 Å². The van der Waals surface area contributed by atoms with E-state index in [2.05, 4.69) is 15.2 Å². The van der Waals surface area contributed by atoms with Gasteiger partial charge < -0.3 is 5.32 Å².